The second kappa shape index (κ2) is 4.93. The summed E-state index contributed by atoms with van der Waals surface area (Å²) in [6, 6.07) is 4.04. The van der Waals surface area contributed by atoms with Crippen LogP contribution in [-0.2, 0) is 0 Å². The Bertz CT molecular complexity index is 304. The Morgan fingerprint density at radius 1 is 1.57 bits per heavy atom. The Hall–Kier alpha value is -1.13. The molecule has 0 fully saturated rings. The van der Waals surface area contributed by atoms with E-state index in [1.54, 1.807) is 12.1 Å². The largest absolute Gasteiger partial charge is 0.497 e. The molecule has 3 N–H and O–H groups in total. The van der Waals surface area contributed by atoms with Crippen molar-refractivity contribution in [3.63, 3.8) is 0 Å². The van der Waals surface area contributed by atoms with Crippen molar-refractivity contribution in [3.05, 3.63) is 29.6 Å². The van der Waals surface area contributed by atoms with Crippen LogP contribution in [0.5, 0.6) is 5.75 Å². The second-order valence-electron chi connectivity index (χ2n) is 3.01. The second-order valence-corrected chi connectivity index (χ2v) is 3.01. The molecule has 0 aliphatic heterocycles. The highest BCUT2D eigenvalue weighted by Gasteiger charge is 2.11. The van der Waals surface area contributed by atoms with E-state index in [0.29, 0.717) is 17.7 Å². The van der Waals surface area contributed by atoms with Crippen molar-refractivity contribution in [2.24, 2.45) is 5.73 Å². The van der Waals surface area contributed by atoms with Gasteiger partial charge in [0.15, 0.2) is 0 Å². The van der Waals surface area contributed by atoms with Gasteiger partial charge in [0.25, 0.3) is 0 Å². The van der Waals surface area contributed by atoms with Gasteiger partial charge in [-0.05, 0) is 12.5 Å². The third-order valence-electron chi connectivity index (χ3n) is 2.05. The van der Waals surface area contributed by atoms with Crippen molar-refractivity contribution in [2.45, 2.75) is 12.5 Å². The van der Waals surface area contributed by atoms with Crippen LogP contribution < -0.4 is 10.5 Å². The van der Waals surface area contributed by atoms with Gasteiger partial charge in [0, 0.05) is 24.3 Å². The zero-order valence-corrected chi connectivity index (χ0v) is 8.03. The molecule has 0 radical (unpaired) electrons. The number of hydrogen-bond donors (Lipinski definition) is 2. The molecule has 0 aromatic heterocycles. The average molecular weight is 199 g/mol. The van der Waals surface area contributed by atoms with Gasteiger partial charge in [0.2, 0.25) is 0 Å². The summed E-state index contributed by atoms with van der Waals surface area (Å²) in [5.41, 5.74) is 6.06. The number of halogens is 1. The Labute approximate surface area is 82.3 Å². The molecular formula is C10H14FNO2. The van der Waals surface area contributed by atoms with Crippen LogP contribution in [0, 0.1) is 5.82 Å². The molecule has 0 bridgehead atoms. The molecule has 3 nitrogen and oxygen atoms in total. The number of hydrogen-bond acceptors (Lipinski definition) is 3. The Kier molecular flexibility index (Phi) is 3.85. The maximum absolute atomic E-state index is 13.4. The number of nitrogens with two attached hydrogens (primary N) is 1. The summed E-state index contributed by atoms with van der Waals surface area (Å²) in [5, 5.41) is 8.66. The first-order valence-electron chi connectivity index (χ1n) is 4.39. The quantitative estimate of drug-likeness (QED) is 0.766. The van der Waals surface area contributed by atoms with E-state index in [4.69, 9.17) is 15.6 Å². The van der Waals surface area contributed by atoms with Crippen LogP contribution in [0.1, 0.15) is 18.0 Å². The Balaban J connectivity index is 2.88. The SMILES string of the molecule is COc1ccc([C@H](N)CCO)c(F)c1. The van der Waals surface area contributed by atoms with Crippen LogP contribution in [0.4, 0.5) is 4.39 Å². The molecule has 1 rings (SSSR count). The zero-order chi connectivity index (χ0) is 10.6. The smallest absolute Gasteiger partial charge is 0.131 e. The van der Waals surface area contributed by atoms with E-state index in [-0.39, 0.29) is 6.61 Å². The van der Waals surface area contributed by atoms with Crippen LogP contribution in [-0.4, -0.2) is 18.8 Å². The Morgan fingerprint density at radius 3 is 2.79 bits per heavy atom. The highest BCUT2D eigenvalue weighted by atomic mass is 19.1. The lowest BCUT2D eigenvalue weighted by Crippen LogP contribution is -2.13. The molecular weight excluding hydrogens is 185 g/mol. The highest BCUT2D eigenvalue weighted by molar-refractivity contribution is 5.30. The third-order valence-corrected chi connectivity index (χ3v) is 2.05. The highest BCUT2D eigenvalue weighted by Crippen LogP contribution is 2.21. The number of aliphatic hydroxyl groups excluding tert-OH is 1. The van der Waals surface area contributed by atoms with E-state index in [1.165, 1.54) is 13.2 Å². The fourth-order valence-corrected chi connectivity index (χ4v) is 1.23. The molecule has 0 saturated heterocycles. The number of benzene rings is 1. The van der Waals surface area contributed by atoms with E-state index >= 15 is 0 Å². The van der Waals surface area contributed by atoms with Gasteiger partial charge in [0.1, 0.15) is 11.6 Å². The maximum atomic E-state index is 13.4. The molecule has 0 heterocycles. The van der Waals surface area contributed by atoms with Crippen molar-refractivity contribution in [1.29, 1.82) is 0 Å². The summed E-state index contributed by atoms with van der Waals surface area (Å²) in [6.07, 6.45) is 0.350. The lowest BCUT2D eigenvalue weighted by molar-refractivity contribution is 0.275. The molecule has 1 aromatic carbocycles. The van der Waals surface area contributed by atoms with Gasteiger partial charge in [-0.1, -0.05) is 6.07 Å². The van der Waals surface area contributed by atoms with Crippen molar-refractivity contribution >= 4 is 0 Å². The fourth-order valence-electron chi connectivity index (χ4n) is 1.23. The summed E-state index contributed by atoms with van der Waals surface area (Å²) in [5.74, 6) is 0.0627. The molecule has 0 aliphatic carbocycles. The van der Waals surface area contributed by atoms with Crippen LogP contribution >= 0.6 is 0 Å². The van der Waals surface area contributed by atoms with Crippen LogP contribution in [0.2, 0.25) is 0 Å². The molecule has 0 aliphatic rings. The topological polar surface area (TPSA) is 55.5 Å². The molecule has 1 atom stereocenters. The third kappa shape index (κ3) is 2.43. The number of rotatable bonds is 4. The van der Waals surface area contributed by atoms with Crippen molar-refractivity contribution in [2.75, 3.05) is 13.7 Å². The fraction of sp³-hybridized carbons (Fsp3) is 0.400. The van der Waals surface area contributed by atoms with Crippen molar-refractivity contribution in [3.8, 4) is 5.75 Å². The molecule has 1 aromatic rings. The van der Waals surface area contributed by atoms with Crippen molar-refractivity contribution < 1.29 is 14.2 Å². The zero-order valence-electron chi connectivity index (χ0n) is 8.03. The average Bonchev–Trinajstić information content (AvgIpc) is 2.17. The van der Waals surface area contributed by atoms with Crippen LogP contribution in [0.15, 0.2) is 18.2 Å². The first-order valence-corrected chi connectivity index (χ1v) is 4.39. The molecule has 0 spiro atoms. The minimum atomic E-state index is -0.467. The van der Waals surface area contributed by atoms with Gasteiger partial charge in [-0.25, -0.2) is 4.39 Å². The van der Waals surface area contributed by atoms with E-state index in [9.17, 15) is 4.39 Å². The molecule has 0 unspecified atom stereocenters. The predicted octanol–water partition coefficient (Wildman–Crippen LogP) is 1.22. The summed E-state index contributed by atoms with van der Waals surface area (Å²) in [4.78, 5) is 0. The van der Waals surface area contributed by atoms with Gasteiger partial charge in [-0.3, -0.25) is 0 Å². The van der Waals surface area contributed by atoms with Crippen LogP contribution in [0.3, 0.4) is 0 Å². The lowest BCUT2D eigenvalue weighted by Gasteiger charge is -2.12. The molecule has 14 heavy (non-hydrogen) atoms. The Morgan fingerprint density at radius 2 is 2.29 bits per heavy atom. The van der Waals surface area contributed by atoms with Gasteiger partial charge in [-0.15, -0.1) is 0 Å². The lowest BCUT2D eigenvalue weighted by atomic mass is 10.0. The molecule has 0 saturated carbocycles. The summed E-state index contributed by atoms with van der Waals surface area (Å²) >= 11 is 0. The van der Waals surface area contributed by atoms with E-state index in [2.05, 4.69) is 0 Å². The van der Waals surface area contributed by atoms with Crippen molar-refractivity contribution in [1.82, 2.24) is 0 Å². The summed E-state index contributed by atoms with van der Waals surface area (Å²) in [6.45, 7) is -0.0490. The molecule has 78 valence electrons. The first-order chi connectivity index (χ1) is 6.69. The molecule has 4 heteroatoms. The monoisotopic (exact) mass is 199 g/mol. The van der Waals surface area contributed by atoms with Gasteiger partial charge in [-0.2, -0.15) is 0 Å². The van der Waals surface area contributed by atoms with E-state index in [1.807, 2.05) is 0 Å². The normalized spacial score (nSPS) is 12.6. The standard InChI is InChI=1S/C10H14FNO2/c1-14-7-2-3-8(9(11)6-7)10(12)4-5-13/h2-3,6,10,13H,4-5,12H2,1H3/t10-/m1/s1. The molecule has 0 amide bonds. The van der Waals surface area contributed by atoms with E-state index < -0.39 is 11.9 Å². The van der Waals surface area contributed by atoms with Gasteiger partial charge < -0.3 is 15.6 Å². The minimum absolute atomic E-state index is 0.0490. The number of methoxy groups -OCH3 is 1. The van der Waals surface area contributed by atoms with Crippen LogP contribution in [0.25, 0.3) is 0 Å². The summed E-state index contributed by atoms with van der Waals surface area (Å²) < 4.78 is 18.2. The summed E-state index contributed by atoms with van der Waals surface area (Å²) in [7, 11) is 1.47. The maximum Gasteiger partial charge on any atom is 0.131 e. The van der Waals surface area contributed by atoms with Gasteiger partial charge >= 0.3 is 0 Å². The minimum Gasteiger partial charge on any atom is -0.497 e. The van der Waals surface area contributed by atoms with E-state index in [0.717, 1.165) is 0 Å². The first kappa shape index (κ1) is 10.9. The number of ether oxygens (including phenoxy) is 1. The number of aliphatic hydroxyl groups is 1. The van der Waals surface area contributed by atoms with Gasteiger partial charge in [0.05, 0.1) is 7.11 Å². The predicted molar refractivity (Wildman–Crippen MR) is 51.6 cm³/mol.